The van der Waals surface area contributed by atoms with Crippen LogP contribution in [0.4, 0.5) is 0 Å². The molecule has 0 spiro atoms. The molecule has 0 aromatic heterocycles. The molecule has 1 saturated heterocycles. The van der Waals surface area contributed by atoms with E-state index in [0.717, 1.165) is 26.4 Å². The Hall–Kier alpha value is -0.970. The van der Waals surface area contributed by atoms with Gasteiger partial charge in [-0.15, -0.1) is 0 Å². The van der Waals surface area contributed by atoms with Gasteiger partial charge < -0.3 is 10.4 Å². The van der Waals surface area contributed by atoms with E-state index >= 15 is 0 Å². The molecule has 0 aromatic rings. The minimum Gasteiger partial charge on any atom is -0.481 e. The molecule has 0 radical (unpaired) electrons. The fourth-order valence-corrected chi connectivity index (χ4v) is 6.81. The Bertz CT molecular complexity index is 677. The van der Waals surface area contributed by atoms with E-state index in [2.05, 4.69) is 10.0 Å². The van der Waals surface area contributed by atoms with Crippen molar-refractivity contribution in [2.24, 2.45) is 5.92 Å². The smallest absolute Gasteiger partial charge is 0.300 e. The molecule has 0 unspecified atom stereocenters. The highest BCUT2D eigenvalue weighted by molar-refractivity contribution is 7.97. The Balaban J connectivity index is 0.000000593. The third kappa shape index (κ3) is 6.21. The predicted molar refractivity (Wildman–Crippen MR) is 87.2 cm³/mol. The van der Waals surface area contributed by atoms with Crippen LogP contribution in [0, 0.1) is 5.92 Å². The van der Waals surface area contributed by atoms with Gasteiger partial charge in [0.05, 0.1) is 16.4 Å². The number of sulfone groups is 1. The van der Waals surface area contributed by atoms with Crippen molar-refractivity contribution in [2.45, 2.75) is 33.2 Å². The molecule has 0 aliphatic carbocycles. The van der Waals surface area contributed by atoms with Gasteiger partial charge in [-0.05, 0) is 37.9 Å². The van der Waals surface area contributed by atoms with E-state index in [0.29, 0.717) is 5.57 Å². The van der Waals surface area contributed by atoms with Crippen LogP contribution < -0.4 is 10.0 Å². The van der Waals surface area contributed by atoms with Crippen molar-refractivity contribution in [3.8, 4) is 0 Å². The van der Waals surface area contributed by atoms with Crippen LogP contribution >= 0.6 is 0 Å². The lowest BCUT2D eigenvalue weighted by atomic mass is 9.97. The fourth-order valence-electron chi connectivity index (χ4n) is 2.55. The average Bonchev–Trinajstić information content (AvgIpc) is 2.65. The summed E-state index contributed by atoms with van der Waals surface area (Å²) in [6, 6.07) is -0.130. The van der Waals surface area contributed by atoms with Gasteiger partial charge in [0.15, 0.2) is 9.84 Å². The van der Waals surface area contributed by atoms with Crippen molar-refractivity contribution in [1.82, 2.24) is 10.0 Å². The third-order valence-electron chi connectivity index (χ3n) is 3.68. The van der Waals surface area contributed by atoms with Crippen LogP contribution in [0.25, 0.3) is 0 Å². The molecule has 23 heavy (non-hydrogen) atoms. The summed E-state index contributed by atoms with van der Waals surface area (Å²) in [5.41, 5.74) is 0.439. The van der Waals surface area contributed by atoms with E-state index in [1.54, 1.807) is 6.92 Å². The normalized spacial score (nSPS) is 27.3. The quantitative estimate of drug-likeness (QED) is 0.623. The van der Waals surface area contributed by atoms with E-state index in [1.165, 1.54) is 0 Å². The van der Waals surface area contributed by atoms with Gasteiger partial charge in [0, 0.05) is 13.0 Å². The highest BCUT2D eigenvalue weighted by atomic mass is 32.2. The van der Waals surface area contributed by atoms with Gasteiger partial charge in [0.25, 0.3) is 5.97 Å². The molecule has 10 heteroatoms. The lowest BCUT2D eigenvalue weighted by Gasteiger charge is -2.30. The first-order chi connectivity index (χ1) is 10.4. The van der Waals surface area contributed by atoms with E-state index < -0.39 is 25.8 Å². The van der Waals surface area contributed by atoms with Gasteiger partial charge >= 0.3 is 0 Å². The van der Waals surface area contributed by atoms with Gasteiger partial charge in [-0.1, -0.05) is 6.92 Å². The third-order valence-corrected chi connectivity index (χ3v) is 7.22. The summed E-state index contributed by atoms with van der Waals surface area (Å²) in [6.07, 6.45) is 0.722. The van der Waals surface area contributed by atoms with Crippen molar-refractivity contribution in [2.75, 3.05) is 24.6 Å². The zero-order valence-corrected chi connectivity index (χ0v) is 15.1. The first-order valence-electron chi connectivity index (χ1n) is 7.26. The van der Waals surface area contributed by atoms with Crippen molar-refractivity contribution < 1.29 is 26.7 Å². The summed E-state index contributed by atoms with van der Waals surface area (Å²) >= 11 is 0. The summed E-state index contributed by atoms with van der Waals surface area (Å²) in [6.45, 7) is 6.17. The van der Waals surface area contributed by atoms with Gasteiger partial charge in [0.1, 0.15) is 0 Å². The molecule has 0 amide bonds. The molecule has 0 saturated carbocycles. The molecule has 2 aliphatic rings. The SMILES string of the molecule is CC(=O)O.CC1=C(S(=O)(=O)N[C@@H]2CCNC[C@@H]2C)CS(=O)(=O)C1. The van der Waals surface area contributed by atoms with Gasteiger partial charge in [-0.2, -0.15) is 0 Å². The molecule has 134 valence electrons. The van der Waals surface area contributed by atoms with Gasteiger partial charge in [-0.25, -0.2) is 21.6 Å². The largest absolute Gasteiger partial charge is 0.481 e. The van der Waals surface area contributed by atoms with E-state index in [-0.39, 0.29) is 28.4 Å². The van der Waals surface area contributed by atoms with Crippen LogP contribution in [0.15, 0.2) is 10.5 Å². The first-order valence-corrected chi connectivity index (χ1v) is 10.6. The van der Waals surface area contributed by atoms with E-state index in [4.69, 9.17) is 9.90 Å². The summed E-state index contributed by atoms with van der Waals surface area (Å²) in [5.74, 6) is -1.15. The zero-order chi connectivity index (χ0) is 17.8. The van der Waals surface area contributed by atoms with Crippen molar-refractivity contribution in [3.63, 3.8) is 0 Å². The second-order valence-electron chi connectivity index (χ2n) is 5.95. The fraction of sp³-hybridized carbons (Fsp3) is 0.769. The first kappa shape index (κ1) is 20.1. The number of carbonyl (C=O) groups is 1. The lowest BCUT2D eigenvalue weighted by molar-refractivity contribution is -0.134. The maximum atomic E-state index is 12.3. The number of piperidine rings is 1. The predicted octanol–water partition coefficient (Wildman–Crippen LogP) is -0.303. The minimum atomic E-state index is -3.69. The summed E-state index contributed by atoms with van der Waals surface area (Å²) < 4.78 is 50.3. The Labute approximate surface area is 137 Å². The molecule has 1 fully saturated rings. The molecule has 0 aromatic carbocycles. The van der Waals surface area contributed by atoms with Crippen molar-refractivity contribution in [1.29, 1.82) is 0 Å². The molecular weight excluding hydrogens is 344 g/mol. The monoisotopic (exact) mass is 368 g/mol. The topological polar surface area (TPSA) is 130 Å². The Kier molecular flexibility index (Phi) is 6.75. The van der Waals surface area contributed by atoms with E-state index in [9.17, 15) is 16.8 Å². The van der Waals surface area contributed by atoms with Crippen LogP contribution in [0.1, 0.15) is 27.2 Å². The average molecular weight is 368 g/mol. The number of nitrogens with one attached hydrogen (secondary N) is 2. The summed E-state index contributed by atoms with van der Waals surface area (Å²) in [7, 11) is -6.98. The number of sulfonamides is 1. The number of hydrogen-bond donors (Lipinski definition) is 3. The second-order valence-corrected chi connectivity index (χ2v) is 9.75. The van der Waals surface area contributed by atoms with Crippen LogP contribution in [-0.2, 0) is 24.7 Å². The Morgan fingerprint density at radius 1 is 1.35 bits per heavy atom. The number of rotatable bonds is 3. The molecule has 2 atom stereocenters. The van der Waals surface area contributed by atoms with Gasteiger partial charge in [0.2, 0.25) is 10.0 Å². The second kappa shape index (κ2) is 7.73. The van der Waals surface area contributed by atoms with Crippen LogP contribution in [-0.4, -0.2) is 58.5 Å². The standard InChI is InChI=1S/C11H20N2O4S2.C2H4O2/c1-8-5-12-4-3-10(8)13-19(16,17)11-7-18(14,15)6-9(11)2;1-2(3)4/h8,10,12-13H,3-7H2,1-2H3;1H3,(H,3,4)/t8-,10+;/m0./s1. The van der Waals surface area contributed by atoms with Crippen LogP contribution in [0.2, 0.25) is 0 Å². The van der Waals surface area contributed by atoms with Crippen molar-refractivity contribution >= 4 is 25.8 Å². The van der Waals surface area contributed by atoms with Crippen LogP contribution in [0.5, 0.6) is 0 Å². The molecule has 0 bridgehead atoms. The molecule has 3 N–H and O–H groups in total. The molecule has 2 aliphatic heterocycles. The maximum absolute atomic E-state index is 12.3. The number of carboxylic acid groups (broad SMARTS) is 1. The number of hydrogen-bond acceptors (Lipinski definition) is 6. The summed E-state index contributed by atoms with van der Waals surface area (Å²) in [5, 5.41) is 10.6. The molecule has 8 nitrogen and oxygen atoms in total. The lowest BCUT2D eigenvalue weighted by Crippen LogP contribution is -2.48. The minimum absolute atomic E-state index is 0.0400. The molecule has 2 rings (SSSR count). The Morgan fingerprint density at radius 2 is 1.91 bits per heavy atom. The summed E-state index contributed by atoms with van der Waals surface area (Å²) in [4.78, 5) is 9.04. The maximum Gasteiger partial charge on any atom is 0.300 e. The zero-order valence-electron chi connectivity index (χ0n) is 13.5. The van der Waals surface area contributed by atoms with Crippen LogP contribution in [0.3, 0.4) is 0 Å². The highest BCUT2D eigenvalue weighted by Crippen LogP contribution is 2.24. The number of carboxylic acids is 1. The van der Waals surface area contributed by atoms with Crippen molar-refractivity contribution in [3.05, 3.63) is 10.5 Å². The number of aliphatic carboxylic acids is 1. The van der Waals surface area contributed by atoms with E-state index in [1.807, 2.05) is 6.92 Å². The van der Waals surface area contributed by atoms with Gasteiger partial charge in [-0.3, -0.25) is 4.79 Å². The Morgan fingerprint density at radius 3 is 2.35 bits per heavy atom. The molecule has 2 heterocycles. The highest BCUT2D eigenvalue weighted by Gasteiger charge is 2.35. The molecular formula is C13H24N2O6S2.